The third-order valence-electron chi connectivity index (χ3n) is 3.38. The molecule has 112 valence electrons. The number of hydrogen-bond acceptors (Lipinski definition) is 6. The van der Waals surface area contributed by atoms with Crippen molar-refractivity contribution < 1.29 is 9.53 Å². The van der Waals surface area contributed by atoms with Gasteiger partial charge in [0, 0.05) is 17.8 Å². The lowest BCUT2D eigenvalue weighted by molar-refractivity contribution is 0.0513. The van der Waals surface area contributed by atoms with Crippen LogP contribution >= 0.6 is 0 Å². The monoisotopic (exact) mass is 297 g/mol. The highest BCUT2D eigenvalue weighted by Crippen LogP contribution is 2.38. The summed E-state index contributed by atoms with van der Waals surface area (Å²) in [6.45, 7) is 0.545. The molecule has 2 aromatic rings. The molecule has 0 spiro atoms. The number of nitrogens with one attached hydrogen (secondary N) is 2. The lowest BCUT2D eigenvalue weighted by Gasteiger charge is -2.07. The molecule has 1 fully saturated rings. The highest BCUT2D eigenvalue weighted by molar-refractivity contribution is 5.87. The molecule has 0 unspecified atom stereocenters. The maximum atomic E-state index is 11.8. The van der Waals surface area contributed by atoms with E-state index in [1.165, 1.54) is 0 Å². The summed E-state index contributed by atoms with van der Waals surface area (Å²) in [5.41, 5.74) is 1.75. The van der Waals surface area contributed by atoms with E-state index < -0.39 is 5.97 Å². The maximum absolute atomic E-state index is 11.8. The Kier molecular flexibility index (Phi) is 4.01. The van der Waals surface area contributed by atoms with E-state index in [4.69, 9.17) is 10.00 Å². The first-order valence-electron chi connectivity index (χ1n) is 7.09. The number of nitrogens with zero attached hydrogens (tertiary/aromatic N) is 3. The van der Waals surface area contributed by atoms with Crippen LogP contribution in [0.5, 0.6) is 0 Å². The zero-order chi connectivity index (χ0) is 15.4. The van der Waals surface area contributed by atoms with Gasteiger partial charge in [-0.1, -0.05) is 0 Å². The molecule has 0 saturated heterocycles. The summed E-state index contributed by atoms with van der Waals surface area (Å²) in [6.07, 6.45) is 3.89. The first-order chi connectivity index (χ1) is 10.8. The molecule has 7 nitrogen and oxygen atoms in total. The third-order valence-corrected chi connectivity index (χ3v) is 3.38. The molecule has 0 aliphatic heterocycles. The van der Waals surface area contributed by atoms with Gasteiger partial charge in [-0.05, 0) is 31.0 Å². The highest BCUT2D eigenvalue weighted by atomic mass is 16.5. The van der Waals surface area contributed by atoms with Gasteiger partial charge in [0.25, 0.3) is 0 Å². The van der Waals surface area contributed by atoms with E-state index in [1.807, 2.05) is 6.07 Å². The Morgan fingerprint density at radius 2 is 2.41 bits per heavy atom. The number of rotatable bonds is 6. The highest BCUT2D eigenvalue weighted by Gasteiger charge is 2.26. The molecule has 22 heavy (non-hydrogen) atoms. The van der Waals surface area contributed by atoms with Gasteiger partial charge >= 0.3 is 5.97 Å². The fraction of sp³-hybridized carbons (Fsp3) is 0.333. The fourth-order valence-electron chi connectivity index (χ4n) is 2.07. The molecule has 0 atom stereocenters. The van der Waals surface area contributed by atoms with Gasteiger partial charge in [0.1, 0.15) is 18.5 Å². The number of aromatic amines is 1. The van der Waals surface area contributed by atoms with Gasteiger partial charge in [0.15, 0.2) is 5.69 Å². The summed E-state index contributed by atoms with van der Waals surface area (Å²) < 4.78 is 5.14. The van der Waals surface area contributed by atoms with E-state index in [2.05, 4.69) is 20.5 Å². The average Bonchev–Trinajstić information content (AvgIpc) is 3.28. The molecule has 7 heteroatoms. The Hall–Kier alpha value is -2.88. The van der Waals surface area contributed by atoms with Crippen molar-refractivity contribution in [1.82, 2.24) is 15.2 Å². The molecule has 1 aliphatic carbocycles. The van der Waals surface area contributed by atoms with Crippen molar-refractivity contribution in [2.45, 2.75) is 18.8 Å². The minimum Gasteiger partial charge on any atom is -0.459 e. The number of H-pyrrole nitrogens is 1. The topological polar surface area (TPSA) is 104 Å². The smallest absolute Gasteiger partial charge is 0.358 e. The molecule has 1 saturated carbocycles. The summed E-state index contributed by atoms with van der Waals surface area (Å²) in [7, 11) is 0. The molecular weight excluding hydrogens is 282 g/mol. The zero-order valence-electron chi connectivity index (χ0n) is 11.9. The van der Waals surface area contributed by atoms with Gasteiger partial charge in [0.05, 0.1) is 12.1 Å². The molecule has 2 aromatic heterocycles. The minimum atomic E-state index is -0.452. The Morgan fingerprint density at radius 3 is 3.18 bits per heavy atom. The fourth-order valence-corrected chi connectivity index (χ4v) is 2.07. The van der Waals surface area contributed by atoms with Crippen molar-refractivity contribution in [2.24, 2.45) is 0 Å². The van der Waals surface area contributed by atoms with Crippen LogP contribution in [0.3, 0.4) is 0 Å². The molecular formula is C15H15N5O2. The van der Waals surface area contributed by atoms with Crippen molar-refractivity contribution in [3.05, 3.63) is 41.3 Å². The first-order valence-corrected chi connectivity index (χ1v) is 7.09. The van der Waals surface area contributed by atoms with Crippen LogP contribution in [0.15, 0.2) is 24.4 Å². The molecule has 3 rings (SSSR count). The summed E-state index contributed by atoms with van der Waals surface area (Å²) in [6, 6.07) is 7.16. The second-order valence-corrected chi connectivity index (χ2v) is 5.06. The van der Waals surface area contributed by atoms with Gasteiger partial charge in [-0.25, -0.2) is 9.78 Å². The summed E-state index contributed by atoms with van der Waals surface area (Å²) in [5, 5.41) is 18.7. The van der Waals surface area contributed by atoms with Gasteiger partial charge in [0.2, 0.25) is 0 Å². The summed E-state index contributed by atoms with van der Waals surface area (Å²) in [4.78, 5) is 15.9. The Morgan fingerprint density at radius 1 is 1.55 bits per heavy atom. The van der Waals surface area contributed by atoms with E-state index in [0.717, 1.165) is 18.5 Å². The van der Waals surface area contributed by atoms with E-state index in [9.17, 15) is 4.79 Å². The van der Waals surface area contributed by atoms with Crippen LogP contribution in [-0.4, -0.2) is 34.3 Å². The van der Waals surface area contributed by atoms with E-state index in [-0.39, 0.29) is 6.61 Å². The third kappa shape index (κ3) is 3.23. The van der Waals surface area contributed by atoms with E-state index in [0.29, 0.717) is 29.5 Å². The number of aromatic nitrogens is 3. The second-order valence-electron chi connectivity index (χ2n) is 5.06. The minimum absolute atomic E-state index is 0.173. The van der Waals surface area contributed by atoms with Crippen molar-refractivity contribution in [3.8, 4) is 6.07 Å². The molecule has 0 aromatic carbocycles. The Balaban J connectivity index is 1.46. The molecule has 0 bridgehead atoms. The number of hydrogen-bond donors (Lipinski definition) is 2. The quantitative estimate of drug-likeness (QED) is 0.622. The van der Waals surface area contributed by atoms with E-state index >= 15 is 0 Å². The van der Waals surface area contributed by atoms with Crippen LogP contribution in [0.25, 0.3) is 0 Å². The van der Waals surface area contributed by atoms with Crippen LogP contribution in [0.4, 0.5) is 5.82 Å². The number of carbonyl (C=O) groups excluding carboxylic acids is 1. The number of pyridine rings is 1. The summed E-state index contributed by atoms with van der Waals surface area (Å²) in [5.74, 6) is 0.549. The summed E-state index contributed by atoms with van der Waals surface area (Å²) >= 11 is 0. The van der Waals surface area contributed by atoms with Crippen LogP contribution in [0.2, 0.25) is 0 Å². The number of nitriles is 1. The number of esters is 1. The first kappa shape index (κ1) is 14.1. The number of ether oxygens (including phenoxy) is 1. The lowest BCUT2D eigenvalue weighted by atomic mass is 10.3. The second kappa shape index (κ2) is 6.26. The average molecular weight is 297 g/mol. The zero-order valence-corrected chi connectivity index (χ0v) is 11.9. The normalized spacial score (nSPS) is 13.4. The number of carbonyl (C=O) groups is 1. The SMILES string of the molecule is N#Cc1cccnc1NCCOC(=O)c1cc(C2CC2)[nH]n1. The molecule has 0 amide bonds. The van der Waals surface area contributed by atoms with E-state index in [1.54, 1.807) is 24.4 Å². The molecule has 2 N–H and O–H groups in total. The van der Waals surface area contributed by atoms with Crippen molar-refractivity contribution >= 4 is 11.8 Å². The largest absolute Gasteiger partial charge is 0.459 e. The van der Waals surface area contributed by atoms with Gasteiger partial charge in [-0.2, -0.15) is 10.4 Å². The van der Waals surface area contributed by atoms with Gasteiger partial charge < -0.3 is 10.1 Å². The molecule has 1 aliphatic rings. The standard InChI is InChI=1S/C15H15N5O2/c16-9-11-2-1-5-17-14(11)18-6-7-22-15(21)13-8-12(19-20-13)10-3-4-10/h1-2,5,8,10H,3-4,6-7H2,(H,17,18)(H,19,20). The van der Waals surface area contributed by atoms with Crippen molar-refractivity contribution in [2.75, 3.05) is 18.5 Å². The molecule has 2 heterocycles. The number of anilines is 1. The Bertz CT molecular complexity index is 715. The van der Waals surface area contributed by atoms with Crippen LogP contribution in [-0.2, 0) is 4.74 Å². The van der Waals surface area contributed by atoms with Crippen molar-refractivity contribution in [3.63, 3.8) is 0 Å². The van der Waals surface area contributed by atoms with Gasteiger partial charge in [-0.3, -0.25) is 5.10 Å². The van der Waals surface area contributed by atoms with Gasteiger partial charge in [-0.15, -0.1) is 0 Å². The Labute approximate surface area is 127 Å². The predicted molar refractivity (Wildman–Crippen MR) is 78.3 cm³/mol. The van der Waals surface area contributed by atoms with Crippen molar-refractivity contribution in [1.29, 1.82) is 5.26 Å². The van der Waals surface area contributed by atoms with Crippen LogP contribution in [0.1, 0.15) is 40.5 Å². The van der Waals surface area contributed by atoms with Crippen LogP contribution in [0, 0.1) is 11.3 Å². The molecule has 0 radical (unpaired) electrons. The maximum Gasteiger partial charge on any atom is 0.358 e. The predicted octanol–water partition coefficient (Wildman–Crippen LogP) is 1.82. The lowest BCUT2D eigenvalue weighted by Crippen LogP contribution is -2.15. The van der Waals surface area contributed by atoms with Crippen LogP contribution < -0.4 is 5.32 Å².